The Kier molecular flexibility index (Phi) is 0.984. The second kappa shape index (κ2) is 1.70. The molecule has 0 heterocycles. The Morgan fingerprint density at radius 2 is 1.83 bits per heavy atom. The molecule has 3 saturated carbocycles. The van der Waals surface area contributed by atoms with E-state index in [9.17, 15) is 4.79 Å². The van der Waals surface area contributed by atoms with Crippen molar-refractivity contribution in [3.8, 4) is 0 Å². The predicted molar refractivity (Wildman–Crippen MR) is 43.7 cm³/mol. The predicted octanol–water partition coefficient (Wildman–Crippen LogP) is 2.04. The second-order valence-corrected chi connectivity index (χ2v) is 4.87. The van der Waals surface area contributed by atoms with Gasteiger partial charge in [0.15, 0.2) is 0 Å². The Balaban J connectivity index is 1.97. The standard InChI is InChI=1S/C10H14O2/c11-8(12)7-1-2-9-3-5-10(7,9)6-4-9/h7H,1-6H2,(H,11,12). The molecule has 1 N–H and O–H groups in total. The maximum Gasteiger partial charge on any atom is 0.307 e. The van der Waals surface area contributed by atoms with Crippen LogP contribution < -0.4 is 0 Å². The minimum absolute atomic E-state index is 0.0139. The summed E-state index contributed by atoms with van der Waals surface area (Å²) in [5, 5.41) is 9.05. The molecular weight excluding hydrogens is 152 g/mol. The van der Waals surface area contributed by atoms with E-state index in [1.54, 1.807) is 0 Å². The zero-order valence-electron chi connectivity index (χ0n) is 7.18. The smallest absolute Gasteiger partial charge is 0.307 e. The Morgan fingerprint density at radius 3 is 2.08 bits per heavy atom. The van der Waals surface area contributed by atoms with Gasteiger partial charge in [0.05, 0.1) is 5.92 Å². The van der Waals surface area contributed by atoms with Gasteiger partial charge in [0.25, 0.3) is 0 Å². The Morgan fingerprint density at radius 1 is 1.17 bits per heavy atom. The van der Waals surface area contributed by atoms with Gasteiger partial charge in [-0.15, -0.1) is 0 Å². The second-order valence-electron chi connectivity index (χ2n) is 4.87. The van der Waals surface area contributed by atoms with Crippen molar-refractivity contribution < 1.29 is 9.90 Å². The average Bonchev–Trinajstić information content (AvgIpc) is 2.25. The van der Waals surface area contributed by atoms with Gasteiger partial charge < -0.3 is 5.11 Å². The molecule has 0 amide bonds. The fraction of sp³-hybridized carbons (Fsp3) is 0.900. The number of aliphatic carboxylic acids is 1. The molecule has 0 aromatic heterocycles. The summed E-state index contributed by atoms with van der Waals surface area (Å²) in [6.07, 6.45) is 7.18. The Bertz CT molecular complexity index is 249. The summed E-state index contributed by atoms with van der Waals surface area (Å²) in [6.45, 7) is 0. The van der Waals surface area contributed by atoms with Crippen LogP contribution in [0.4, 0.5) is 0 Å². The van der Waals surface area contributed by atoms with Crippen LogP contribution in [0.2, 0.25) is 0 Å². The minimum Gasteiger partial charge on any atom is -0.481 e. The lowest BCUT2D eigenvalue weighted by atomic mass is 9.37. The van der Waals surface area contributed by atoms with E-state index in [1.165, 1.54) is 32.1 Å². The summed E-state index contributed by atoms with van der Waals surface area (Å²) in [6, 6.07) is 0. The van der Waals surface area contributed by atoms with Crippen molar-refractivity contribution in [2.75, 3.05) is 0 Å². The van der Waals surface area contributed by atoms with Gasteiger partial charge in [-0.25, -0.2) is 0 Å². The number of carbonyl (C=O) groups is 1. The van der Waals surface area contributed by atoms with Crippen LogP contribution in [0, 0.1) is 16.7 Å². The average molecular weight is 166 g/mol. The summed E-state index contributed by atoms with van der Waals surface area (Å²) in [5.41, 5.74) is 0.814. The molecule has 3 fully saturated rings. The largest absolute Gasteiger partial charge is 0.481 e. The van der Waals surface area contributed by atoms with E-state index in [2.05, 4.69) is 0 Å². The van der Waals surface area contributed by atoms with Crippen LogP contribution in [0.15, 0.2) is 0 Å². The van der Waals surface area contributed by atoms with Gasteiger partial charge >= 0.3 is 5.97 Å². The quantitative estimate of drug-likeness (QED) is 0.647. The fourth-order valence-electron chi connectivity index (χ4n) is 4.12. The maximum absolute atomic E-state index is 11.0. The van der Waals surface area contributed by atoms with E-state index in [4.69, 9.17) is 5.11 Å². The van der Waals surface area contributed by atoms with E-state index >= 15 is 0 Å². The van der Waals surface area contributed by atoms with Gasteiger partial charge in [0.2, 0.25) is 0 Å². The molecule has 1 atom stereocenters. The molecule has 0 bridgehead atoms. The van der Waals surface area contributed by atoms with Crippen molar-refractivity contribution in [2.45, 2.75) is 38.5 Å². The summed E-state index contributed by atoms with van der Waals surface area (Å²) in [7, 11) is 0. The van der Waals surface area contributed by atoms with Gasteiger partial charge in [0, 0.05) is 0 Å². The SMILES string of the molecule is O=C(O)C1CCC23CCC12CC3. The molecule has 0 radical (unpaired) electrons. The van der Waals surface area contributed by atoms with E-state index in [0.717, 1.165) is 6.42 Å². The van der Waals surface area contributed by atoms with Crippen molar-refractivity contribution in [2.24, 2.45) is 16.7 Å². The minimum atomic E-state index is -0.531. The van der Waals surface area contributed by atoms with Crippen LogP contribution in [0.1, 0.15) is 38.5 Å². The summed E-state index contributed by atoms with van der Waals surface area (Å²) in [4.78, 5) is 11.0. The molecule has 3 aliphatic rings. The molecule has 1 unspecified atom stereocenters. The lowest BCUT2D eigenvalue weighted by Crippen LogP contribution is -2.59. The third kappa shape index (κ3) is 0.459. The molecule has 3 rings (SSSR count). The zero-order chi connectivity index (χ0) is 8.40. The molecule has 2 heteroatoms. The van der Waals surface area contributed by atoms with Gasteiger partial charge in [0.1, 0.15) is 0 Å². The molecule has 66 valence electrons. The van der Waals surface area contributed by atoms with Crippen LogP contribution in [0.5, 0.6) is 0 Å². The number of rotatable bonds is 1. The monoisotopic (exact) mass is 166 g/mol. The molecule has 0 saturated heterocycles. The summed E-state index contributed by atoms with van der Waals surface area (Å²) < 4.78 is 0. The van der Waals surface area contributed by atoms with Crippen molar-refractivity contribution >= 4 is 5.97 Å². The molecule has 12 heavy (non-hydrogen) atoms. The molecular formula is C10H14O2. The van der Waals surface area contributed by atoms with Crippen LogP contribution in [-0.2, 0) is 4.79 Å². The molecule has 0 spiro atoms. The fourth-order valence-corrected chi connectivity index (χ4v) is 4.12. The third-order valence-electron chi connectivity index (χ3n) is 5.03. The molecule has 0 aromatic rings. The summed E-state index contributed by atoms with van der Waals surface area (Å²) >= 11 is 0. The van der Waals surface area contributed by atoms with Crippen LogP contribution >= 0.6 is 0 Å². The zero-order valence-corrected chi connectivity index (χ0v) is 7.18. The summed E-state index contributed by atoms with van der Waals surface area (Å²) in [5.74, 6) is -0.517. The first-order valence-corrected chi connectivity index (χ1v) is 4.93. The topological polar surface area (TPSA) is 37.3 Å². The van der Waals surface area contributed by atoms with Gasteiger partial charge in [-0.1, -0.05) is 0 Å². The third-order valence-corrected chi connectivity index (χ3v) is 5.03. The highest BCUT2D eigenvalue weighted by molar-refractivity contribution is 5.72. The maximum atomic E-state index is 11.0. The number of carboxylic acids is 1. The van der Waals surface area contributed by atoms with Crippen molar-refractivity contribution in [3.05, 3.63) is 0 Å². The lowest BCUT2D eigenvalue weighted by Gasteiger charge is -2.66. The van der Waals surface area contributed by atoms with Gasteiger partial charge in [-0.05, 0) is 49.4 Å². The Hall–Kier alpha value is -0.530. The van der Waals surface area contributed by atoms with Crippen LogP contribution in [0.3, 0.4) is 0 Å². The van der Waals surface area contributed by atoms with E-state index in [-0.39, 0.29) is 5.92 Å². The Labute approximate surface area is 72.0 Å². The highest BCUT2D eigenvalue weighted by atomic mass is 16.4. The van der Waals surface area contributed by atoms with Crippen LogP contribution in [0.25, 0.3) is 0 Å². The van der Waals surface area contributed by atoms with Gasteiger partial charge in [-0.3, -0.25) is 4.79 Å². The number of carboxylic acid groups (broad SMARTS) is 1. The first kappa shape index (κ1) is 6.93. The first-order valence-electron chi connectivity index (χ1n) is 4.93. The molecule has 0 aromatic carbocycles. The van der Waals surface area contributed by atoms with Crippen molar-refractivity contribution in [1.29, 1.82) is 0 Å². The normalized spacial score (nSPS) is 54.8. The first-order chi connectivity index (χ1) is 5.70. The van der Waals surface area contributed by atoms with E-state index < -0.39 is 5.97 Å². The van der Waals surface area contributed by atoms with E-state index in [1.807, 2.05) is 0 Å². The van der Waals surface area contributed by atoms with Crippen molar-refractivity contribution in [1.82, 2.24) is 0 Å². The molecule has 3 aliphatic carbocycles. The van der Waals surface area contributed by atoms with E-state index in [0.29, 0.717) is 10.8 Å². The lowest BCUT2D eigenvalue weighted by molar-refractivity contribution is -0.190. The number of hydrogen-bond acceptors (Lipinski definition) is 1. The van der Waals surface area contributed by atoms with Crippen LogP contribution in [-0.4, -0.2) is 11.1 Å². The number of hydrogen-bond donors (Lipinski definition) is 1. The highest BCUT2D eigenvalue weighted by Gasteiger charge is 2.72. The molecule has 0 aliphatic heterocycles. The van der Waals surface area contributed by atoms with Gasteiger partial charge in [-0.2, -0.15) is 0 Å². The highest BCUT2D eigenvalue weighted by Crippen LogP contribution is 2.79. The van der Waals surface area contributed by atoms with Crippen molar-refractivity contribution in [3.63, 3.8) is 0 Å². The molecule has 2 nitrogen and oxygen atoms in total.